The van der Waals surface area contributed by atoms with Gasteiger partial charge < -0.3 is 20.7 Å². The summed E-state index contributed by atoms with van der Waals surface area (Å²) in [7, 11) is -4.50. The molecule has 1 aliphatic rings. The Hall–Kier alpha value is -2.92. The minimum atomic E-state index is -4.50. The zero-order valence-corrected chi connectivity index (χ0v) is 24.2. The quantitative estimate of drug-likeness (QED) is 0.217. The fourth-order valence-electron chi connectivity index (χ4n) is 4.08. The minimum absolute atomic E-state index is 0.213. The molecule has 13 nitrogen and oxygen atoms in total. The average Bonchev–Trinajstić information content (AvgIpc) is 3.55. The summed E-state index contributed by atoms with van der Waals surface area (Å²) in [6, 6.07) is 16.8. The number of aromatic nitrogens is 4. The van der Waals surface area contributed by atoms with Crippen molar-refractivity contribution in [2.45, 2.75) is 73.5 Å². The van der Waals surface area contributed by atoms with Crippen LogP contribution in [0, 0.1) is 5.92 Å². The predicted molar refractivity (Wildman–Crippen MR) is 150 cm³/mol. The van der Waals surface area contributed by atoms with Crippen molar-refractivity contribution in [2.75, 3.05) is 6.61 Å². The molecule has 15 heteroatoms. The number of amides is 1. The molecule has 2 heterocycles. The van der Waals surface area contributed by atoms with Crippen LogP contribution in [0.3, 0.4) is 0 Å². The van der Waals surface area contributed by atoms with E-state index in [1.54, 1.807) is 23.4 Å². The van der Waals surface area contributed by atoms with Gasteiger partial charge in [-0.3, -0.25) is 8.98 Å². The molecule has 0 saturated carbocycles. The number of rotatable bonds is 13. The van der Waals surface area contributed by atoms with Crippen LogP contribution in [-0.4, -0.2) is 81.8 Å². The number of carbonyl (C=O) groups excluding carboxylic acids is 1. The number of benzene rings is 2. The van der Waals surface area contributed by atoms with Crippen molar-refractivity contribution in [3.8, 4) is 11.4 Å². The molecule has 0 bridgehead atoms. The smallest absolute Gasteiger partial charge is 0.362 e. The van der Waals surface area contributed by atoms with Crippen LogP contribution in [0.25, 0.3) is 11.4 Å². The van der Waals surface area contributed by atoms with E-state index in [2.05, 4.69) is 15.4 Å². The SMILES string of the molecule is CC[C@H](C)[C@H](N)C(=O)NS(=O)(=O)OC[C@H]1O[C@@H](CCn2nnc(-c3ccc(Sc4ccccc4)cc3)n2)[C@H](O)[C@@H]1O. The third-order valence-corrected chi connectivity index (χ3v) is 8.71. The Morgan fingerprint density at radius 2 is 1.78 bits per heavy atom. The maximum Gasteiger partial charge on any atom is 0.362 e. The number of hydrogen-bond acceptors (Lipinski definition) is 12. The number of hydrogen-bond donors (Lipinski definition) is 4. The van der Waals surface area contributed by atoms with Crippen molar-refractivity contribution in [1.82, 2.24) is 24.9 Å². The largest absolute Gasteiger partial charge is 0.388 e. The van der Waals surface area contributed by atoms with E-state index in [-0.39, 0.29) is 18.9 Å². The lowest BCUT2D eigenvalue weighted by molar-refractivity contribution is -0.121. The fourth-order valence-corrected chi connectivity index (χ4v) is 5.68. The van der Waals surface area contributed by atoms with Gasteiger partial charge in [0.25, 0.3) is 5.91 Å². The van der Waals surface area contributed by atoms with Crippen LogP contribution < -0.4 is 10.5 Å². The first-order valence-electron chi connectivity index (χ1n) is 13.2. The number of carbonyl (C=O) groups is 1. The van der Waals surface area contributed by atoms with Gasteiger partial charge in [0, 0.05) is 15.4 Å². The van der Waals surface area contributed by atoms with Crippen molar-refractivity contribution in [3.63, 3.8) is 0 Å². The second-order valence-corrected chi connectivity index (χ2v) is 12.2. The van der Waals surface area contributed by atoms with Gasteiger partial charge in [-0.25, -0.2) is 4.72 Å². The van der Waals surface area contributed by atoms with E-state index in [1.807, 2.05) is 61.5 Å². The second kappa shape index (κ2) is 13.8. The standard InChI is InChI=1S/C26H34N6O7S2/c1-3-16(2)22(27)26(35)30-41(36,37)38-15-21-24(34)23(33)20(39-21)13-14-32-29-25(28-31-32)17-9-11-19(12-10-17)40-18-7-5-4-6-8-18/h4-12,16,20-24,33-34H,3,13-15,27H2,1-2H3,(H,30,35)/t16-,20-,21+,22-,23-,24+/m0/s1. The molecule has 1 saturated heterocycles. The summed E-state index contributed by atoms with van der Waals surface area (Å²) in [6.07, 6.45) is -3.87. The molecule has 1 amide bonds. The topological polar surface area (TPSA) is 192 Å². The monoisotopic (exact) mass is 606 g/mol. The number of nitrogens with one attached hydrogen (secondary N) is 1. The summed E-state index contributed by atoms with van der Waals surface area (Å²) in [4.78, 5) is 15.6. The van der Waals surface area contributed by atoms with Crippen LogP contribution in [0.5, 0.6) is 0 Å². The molecule has 1 aliphatic heterocycles. The highest BCUT2D eigenvalue weighted by Gasteiger charge is 2.43. The third kappa shape index (κ3) is 8.31. The average molecular weight is 607 g/mol. The number of aryl methyl sites for hydroxylation is 1. The number of ether oxygens (including phenoxy) is 1. The first-order valence-corrected chi connectivity index (χ1v) is 15.4. The number of aliphatic hydroxyl groups is 2. The van der Waals surface area contributed by atoms with E-state index in [0.717, 1.165) is 15.4 Å². The van der Waals surface area contributed by atoms with Gasteiger partial charge in [0.15, 0.2) is 0 Å². The summed E-state index contributed by atoms with van der Waals surface area (Å²) in [6.45, 7) is 3.16. The highest BCUT2D eigenvalue weighted by atomic mass is 32.2. The van der Waals surface area contributed by atoms with Crippen molar-refractivity contribution < 1.29 is 32.3 Å². The van der Waals surface area contributed by atoms with E-state index in [1.165, 1.54) is 4.80 Å². The molecule has 1 fully saturated rings. The number of aliphatic hydroxyl groups excluding tert-OH is 2. The van der Waals surface area contributed by atoms with Crippen molar-refractivity contribution >= 4 is 28.0 Å². The summed E-state index contributed by atoms with van der Waals surface area (Å²) in [5.74, 6) is -0.700. The Kier molecular flexibility index (Phi) is 10.5. The van der Waals surface area contributed by atoms with Gasteiger partial charge in [-0.1, -0.05) is 50.2 Å². The lowest BCUT2D eigenvalue weighted by Crippen LogP contribution is -2.47. The van der Waals surface area contributed by atoms with Gasteiger partial charge in [-0.15, -0.1) is 10.2 Å². The molecule has 0 spiro atoms. The Bertz CT molecular complexity index is 1390. The fraction of sp³-hybridized carbons (Fsp3) is 0.462. The highest BCUT2D eigenvalue weighted by Crippen LogP contribution is 2.29. The van der Waals surface area contributed by atoms with Crippen LogP contribution in [0.4, 0.5) is 0 Å². The Morgan fingerprint density at radius 3 is 2.46 bits per heavy atom. The number of tetrazole rings is 1. The maximum absolute atomic E-state index is 12.2. The van der Waals surface area contributed by atoms with E-state index in [0.29, 0.717) is 12.2 Å². The molecule has 0 unspecified atom stereocenters. The summed E-state index contributed by atoms with van der Waals surface area (Å²) in [5.41, 5.74) is 6.54. The molecule has 3 aromatic rings. The molecule has 1 aromatic heterocycles. The van der Waals surface area contributed by atoms with E-state index >= 15 is 0 Å². The Balaban J connectivity index is 1.26. The Labute approximate surface area is 242 Å². The predicted octanol–water partition coefficient (Wildman–Crippen LogP) is 1.12. The van der Waals surface area contributed by atoms with E-state index in [9.17, 15) is 23.4 Å². The summed E-state index contributed by atoms with van der Waals surface area (Å²) < 4.78 is 36.6. The van der Waals surface area contributed by atoms with Gasteiger partial charge >= 0.3 is 10.3 Å². The maximum atomic E-state index is 12.2. The first-order chi connectivity index (χ1) is 19.6. The van der Waals surface area contributed by atoms with Gasteiger partial charge in [0.1, 0.15) is 18.3 Å². The van der Waals surface area contributed by atoms with Crippen LogP contribution in [0.15, 0.2) is 64.4 Å². The normalized spacial score (nSPS) is 22.4. The summed E-state index contributed by atoms with van der Waals surface area (Å²) in [5, 5.41) is 33.3. The molecule has 222 valence electrons. The zero-order chi connectivity index (χ0) is 29.6. The second-order valence-electron chi connectivity index (χ2n) is 9.75. The molecule has 5 N–H and O–H groups in total. The molecule has 4 rings (SSSR count). The van der Waals surface area contributed by atoms with Gasteiger partial charge in [-0.2, -0.15) is 13.2 Å². The van der Waals surface area contributed by atoms with Crippen LogP contribution in [0.2, 0.25) is 0 Å². The van der Waals surface area contributed by atoms with E-state index < -0.39 is 53.3 Å². The molecule has 2 aromatic carbocycles. The molecular weight excluding hydrogens is 572 g/mol. The van der Waals surface area contributed by atoms with Crippen molar-refractivity contribution in [1.29, 1.82) is 0 Å². The van der Waals surface area contributed by atoms with Gasteiger partial charge in [0.05, 0.1) is 25.3 Å². The van der Waals surface area contributed by atoms with Crippen molar-refractivity contribution in [3.05, 3.63) is 54.6 Å². The van der Waals surface area contributed by atoms with Crippen molar-refractivity contribution in [2.24, 2.45) is 11.7 Å². The zero-order valence-electron chi connectivity index (χ0n) is 22.6. The number of nitrogens with zero attached hydrogens (tertiary/aromatic N) is 4. The lowest BCUT2D eigenvalue weighted by atomic mass is 10.00. The third-order valence-electron chi connectivity index (χ3n) is 6.79. The molecule has 0 aliphatic carbocycles. The van der Waals surface area contributed by atoms with Crippen LogP contribution in [0.1, 0.15) is 26.7 Å². The summed E-state index contributed by atoms with van der Waals surface area (Å²) >= 11 is 1.64. The minimum Gasteiger partial charge on any atom is -0.388 e. The highest BCUT2D eigenvalue weighted by molar-refractivity contribution is 7.99. The molecular formula is C26H34N6O7S2. The Morgan fingerprint density at radius 1 is 1.12 bits per heavy atom. The number of nitrogens with two attached hydrogens (primary N) is 1. The lowest BCUT2D eigenvalue weighted by Gasteiger charge is -2.18. The molecule has 41 heavy (non-hydrogen) atoms. The molecule has 0 radical (unpaired) electrons. The van der Waals surface area contributed by atoms with Crippen LogP contribution in [-0.2, 0) is 30.6 Å². The van der Waals surface area contributed by atoms with E-state index in [4.69, 9.17) is 14.7 Å². The first kappa shape index (κ1) is 31.0. The molecule has 6 atom stereocenters. The van der Waals surface area contributed by atoms with Gasteiger partial charge in [0.2, 0.25) is 5.82 Å². The van der Waals surface area contributed by atoms with Gasteiger partial charge in [-0.05, 0) is 54.0 Å². The van der Waals surface area contributed by atoms with Crippen LogP contribution >= 0.6 is 11.8 Å².